The van der Waals surface area contributed by atoms with Crippen LogP contribution < -0.4 is 11.1 Å². The fourth-order valence-electron chi connectivity index (χ4n) is 3.47. The maximum absolute atomic E-state index is 11.2. The van der Waals surface area contributed by atoms with Gasteiger partial charge in [0.2, 0.25) is 0 Å². The van der Waals surface area contributed by atoms with Gasteiger partial charge in [0.25, 0.3) is 0 Å². The lowest BCUT2D eigenvalue weighted by Gasteiger charge is -2.11. The summed E-state index contributed by atoms with van der Waals surface area (Å²) in [5.74, 6) is 2.24. The zero-order valence-electron chi connectivity index (χ0n) is 15.4. The molecule has 8 nitrogen and oxygen atoms in total. The summed E-state index contributed by atoms with van der Waals surface area (Å²) in [6.07, 6.45) is 5.63. The van der Waals surface area contributed by atoms with Crippen LogP contribution in [0, 0.1) is 6.92 Å². The Bertz CT molecular complexity index is 1010. The van der Waals surface area contributed by atoms with Gasteiger partial charge in [-0.05, 0) is 25.3 Å². The molecule has 0 radical (unpaired) electrons. The first-order chi connectivity index (χ1) is 13.0. The maximum atomic E-state index is 11.2. The van der Waals surface area contributed by atoms with Gasteiger partial charge in [0.1, 0.15) is 17.5 Å². The topological polar surface area (TPSA) is 108 Å². The van der Waals surface area contributed by atoms with Crippen molar-refractivity contribution in [2.75, 3.05) is 18.5 Å². The Labute approximate surface area is 156 Å². The molecule has 0 aliphatic carbocycles. The van der Waals surface area contributed by atoms with Gasteiger partial charge in [-0.2, -0.15) is 0 Å². The number of fused-ring (bicyclic) bond motifs is 1. The number of rotatable bonds is 4. The van der Waals surface area contributed by atoms with E-state index in [9.17, 15) is 4.79 Å². The van der Waals surface area contributed by atoms with Gasteiger partial charge in [-0.1, -0.05) is 6.92 Å². The Morgan fingerprint density at radius 3 is 2.96 bits per heavy atom. The van der Waals surface area contributed by atoms with Gasteiger partial charge in [0.05, 0.1) is 12.1 Å². The maximum Gasteiger partial charge on any atom is 0.317 e. The average Bonchev–Trinajstić information content (AvgIpc) is 3.28. The summed E-state index contributed by atoms with van der Waals surface area (Å²) >= 11 is 0. The quantitative estimate of drug-likeness (QED) is 0.738. The van der Waals surface area contributed by atoms with E-state index in [4.69, 9.17) is 15.5 Å². The highest BCUT2D eigenvalue weighted by molar-refractivity contribution is 5.91. The summed E-state index contributed by atoms with van der Waals surface area (Å²) in [4.78, 5) is 24.9. The second-order valence-electron chi connectivity index (χ2n) is 6.74. The number of carbonyl (C=O) groups is 1. The fourth-order valence-corrected chi connectivity index (χ4v) is 3.47. The first kappa shape index (κ1) is 17.4. The summed E-state index contributed by atoms with van der Waals surface area (Å²) in [7, 11) is 0. The Hall–Kier alpha value is -3.00. The van der Waals surface area contributed by atoms with Gasteiger partial charge in [0.15, 0.2) is 0 Å². The van der Waals surface area contributed by atoms with Gasteiger partial charge < -0.3 is 15.0 Å². The van der Waals surface area contributed by atoms with Crippen molar-refractivity contribution in [3.05, 3.63) is 41.6 Å². The predicted octanol–water partition coefficient (Wildman–Crippen LogP) is 2.68. The van der Waals surface area contributed by atoms with Crippen LogP contribution in [0.15, 0.2) is 24.5 Å². The molecule has 1 fully saturated rings. The molecule has 1 aliphatic rings. The van der Waals surface area contributed by atoms with Crippen LogP contribution in [0.3, 0.4) is 0 Å². The van der Waals surface area contributed by atoms with Gasteiger partial charge >= 0.3 is 6.03 Å². The number of anilines is 1. The molecule has 8 heteroatoms. The number of hydrogen-bond acceptors (Lipinski definition) is 5. The molecule has 4 rings (SSSR count). The van der Waals surface area contributed by atoms with Gasteiger partial charge in [-0.15, -0.1) is 0 Å². The Morgan fingerprint density at radius 1 is 1.41 bits per heavy atom. The summed E-state index contributed by atoms with van der Waals surface area (Å²) in [5.41, 5.74) is 8.21. The highest BCUT2D eigenvalue weighted by Gasteiger charge is 2.22. The van der Waals surface area contributed by atoms with Crippen molar-refractivity contribution in [3.63, 3.8) is 0 Å². The molecule has 140 valence electrons. The molecule has 3 N–H and O–H groups in total. The first-order valence-electron chi connectivity index (χ1n) is 9.05. The zero-order chi connectivity index (χ0) is 19.0. The number of ether oxygens (including phenoxy) is 1. The minimum Gasteiger partial charge on any atom is -0.381 e. The van der Waals surface area contributed by atoms with Crippen molar-refractivity contribution in [3.8, 4) is 5.82 Å². The SMILES string of the molecule is CCc1cn(-c2cc(C)nc(C3CCOC3)n2)c2cc(NC(N)=O)ncc12. The molecular formula is C19H22N6O2. The largest absolute Gasteiger partial charge is 0.381 e. The van der Waals surface area contributed by atoms with Crippen LogP contribution in [-0.2, 0) is 11.2 Å². The van der Waals surface area contributed by atoms with Crippen molar-refractivity contribution in [2.24, 2.45) is 5.73 Å². The fraction of sp³-hybridized carbons (Fsp3) is 0.368. The summed E-state index contributed by atoms with van der Waals surface area (Å²) in [6.45, 7) is 5.48. The Balaban J connectivity index is 1.86. The number of nitrogens with one attached hydrogen (secondary N) is 1. The molecule has 1 aliphatic heterocycles. The molecule has 0 bridgehead atoms. The van der Waals surface area contributed by atoms with Crippen LogP contribution in [0.5, 0.6) is 0 Å². The summed E-state index contributed by atoms with van der Waals surface area (Å²) in [5, 5.41) is 3.56. The average molecular weight is 366 g/mol. The van der Waals surface area contributed by atoms with Crippen molar-refractivity contribution in [1.29, 1.82) is 0 Å². The van der Waals surface area contributed by atoms with E-state index < -0.39 is 6.03 Å². The Morgan fingerprint density at radius 2 is 2.26 bits per heavy atom. The Kier molecular flexibility index (Phi) is 4.49. The molecule has 2 amide bonds. The molecule has 3 aromatic heterocycles. The van der Waals surface area contributed by atoms with Crippen molar-refractivity contribution < 1.29 is 9.53 Å². The van der Waals surface area contributed by atoms with E-state index in [1.807, 2.05) is 23.6 Å². The molecule has 3 aromatic rings. The number of urea groups is 1. The normalized spacial score (nSPS) is 16.7. The number of nitrogens with zero attached hydrogens (tertiary/aromatic N) is 4. The zero-order valence-corrected chi connectivity index (χ0v) is 15.4. The van der Waals surface area contributed by atoms with E-state index in [2.05, 4.69) is 28.4 Å². The highest BCUT2D eigenvalue weighted by Crippen LogP contribution is 2.28. The smallest absolute Gasteiger partial charge is 0.317 e. The molecule has 4 heterocycles. The number of hydrogen-bond donors (Lipinski definition) is 2. The number of aryl methyl sites for hydroxylation is 2. The van der Waals surface area contributed by atoms with Crippen LogP contribution in [-0.4, -0.2) is 38.8 Å². The van der Waals surface area contributed by atoms with Crippen LogP contribution in [0.4, 0.5) is 10.6 Å². The number of carbonyl (C=O) groups excluding carboxylic acids is 1. The molecule has 1 unspecified atom stereocenters. The van der Waals surface area contributed by atoms with E-state index in [1.165, 1.54) is 0 Å². The molecule has 27 heavy (non-hydrogen) atoms. The number of pyridine rings is 1. The third-order valence-corrected chi connectivity index (χ3v) is 4.80. The van der Waals surface area contributed by atoms with E-state index in [0.29, 0.717) is 12.4 Å². The monoisotopic (exact) mass is 366 g/mol. The van der Waals surface area contributed by atoms with Crippen molar-refractivity contribution in [2.45, 2.75) is 32.6 Å². The summed E-state index contributed by atoms with van der Waals surface area (Å²) < 4.78 is 7.52. The predicted molar refractivity (Wildman–Crippen MR) is 102 cm³/mol. The van der Waals surface area contributed by atoms with E-state index in [0.717, 1.165) is 53.3 Å². The van der Waals surface area contributed by atoms with E-state index in [-0.39, 0.29) is 5.92 Å². The highest BCUT2D eigenvalue weighted by atomic mass is 16.5. The third-order valence-electron chi connectivity index (χ3n) is 4.80. The third kappa shape index (κ3) is 3.35. The molecule has 0 saturated carbocycles. The molecule has 1 saturated heterocycles. The van der Waals surface area contributed by atoms with Gasteiger partial charge in [0, 0.05) is 48.1 Å². The first-order valence-corrected chi connectivity index (χ1v) is 9.05. The molecule has 0 aromatic carbocycles. The number of aromatic nitrogens is 4. The number of amides is 2. The molecule has 1 atom stereocenters. The van der Waals surface area contributed by atoms with Gasteiger partial charge in [-0.3, -0.25) is 5.32 Å². The van der Waals surface area contributed by atoms with Crippen LogP contribution in [0.1, 0.15) is 36.3 Å². The van der Waals surface area contributed by atoms with Crippen molar-refractivity contribution >= 4 is 22.8 Å². The minimum atomic E-state index is -0.642. The second kappa shape index (κ2) is 6.96. The van der Waals surface area contributed by atoms with E-state index >= 15 is 0 Å². The second-order valence-corrected chi connectivity index (χ2v) is 6.74. The lowest BCUT2D eigenvalue weighted by Crippen LogP contribution is -2.19. The molecular weight excluding hydrogens is 344 g/mol. The van der Waals surface area contributed by atoms with E-state index in [1.54, 1.807) is 6.20 Å². The number of nitrogens with two attached hydrogens (primary N) is 1. The van der Waals surface area contributed by atoms with Crippen molar-refractivity contribution in [1.82, 2.24) is 19.5 Å². The van der Waals surface area contributed by atoms with Crippen LogP contribution in [0.2, 0.25) is 0 Å². The minimum absolute atomic E-state index is 0.227. The standard InChI is InChI=1S/C19H22N6O2/c1-3-12-9-25(15-7-16(23-19(20)26)21-8-14(12)15)17-6-11(2)22-18(24-17)13-4-5-27-10-13/h6-9,13H,3-5,10H2,1-2H3,(H3,20,21,23,26). The molecule has 0 spiro atoms. The lowest BCUT2D eigenvalue weighted by molar-refractivity contribution is 0.193. The van der Waals surface area contributed by atoms with Gasteiger partial charge in [-0.25, -0.2) is 19.7 Å². The van der Waals surface area contributed by atoms with Crippen LogP contribution in [0.25, 0.3) is 16.7 Å². The lowest BCUT2D eigenvalue weighted by atomic mass is 10.1. The summed E-state index contributed by atoms with van der Waals surface area (Å²) in [6, 6.07) is 3.13. The number of primary amides is 1. The van der Waals surface area contributed by atoms with Crippen LogP contribution >= 0.6 is 0 Å².